The van der Waals surface area contributed by atoms with E-state index in [-0.39, 0.29) is 12.5 Å². The van der Waals surface area contributed by atoms with Crippen LogP contribution in [-0.4, -0.2) is 17.9 Å². The fraction of sp³-hybridized carbons (Fsp3) is 0.538. The van der Waals surface area contributed by atoms with Crippen LogP contribution < -0.4 is 0 Å². The lowest BCUT2D eigenvalue weighted by atomic mass is 9.57. The number of hydrogen-bond donors (Lipinski definition) is 1. The minimum Gasteiger partial charge on any atom is -0.396 e. The predicted octanol–water partition coefficient (Wildman–Crippen LogP) is 3.28. The Morgan fingerprint density at radius 3 is 2.24 bits per heavy atom. The first-order valence-electron chi connectivity index (χ1n) is 5.68. The zero-order chi connectivity index (χ0) is 12.5. The van der Waals surface area contributed by atoms with Gasteiger partial charge in [-0.2, -0.15) is 13.2 Å². The summed E-state index contributed by atoms with van der Waals surface area (Å²) < 4.78 is 37.9. The van der Waals surface area contributed by atoms with Crippen molar-refractivity contribution in [1.29, 1.82) is 0 Å². The maximum atomic E-state index is 12.6. The maximum Gasteiger partial charge on any atom is 0.389 e. The van der Waals surface area contributed by atoms with Crippen molar-refractivity contribution in [3.63, 3.8) is 0 Å². The molecular weight excluding hydrogens is 229 g/mol. The molecule has 1 aromatic rings. The Balaban J connectivity index is 2.21. The van der Waals surface area contributed by atoms with Gasteiger partial charge in [0.1, 0.15) is 0 Å². The second-order valence-electron chi connectivity index (χ2n) is 4.90. The van der Waals surface area contributed by atoms with Gasteiger partial charge in [-0.3, -0.25) is 0 Å². The SMILES string of the molecule is OCC1CC(CC(F)(F)F)(c2ccccc2)C1. The Morgan fingerprint density at radius 1 is 1.18 bits per heavy atom. The highest BCUT2D eigenvalue weighted by atomic mass is 19.4. The summed E-state index contributed by atoms with van der Waals surface area (Å²) in [6, 6.07) is 8.82. The molecule has 0 saturated heterocycles. The van der Waals surface area contributed by atoms with Gasteiger partial charge in [-0.1, -0.05) is 30.3 Å². The van der Waals surface area contributed by atoms with E-state index in [0.29, 0.717) is 12.8 Å². The summed E-state index contributed by atoms with van der Waals surface area (Å²) in [5.41, 5.74) is -0.0746. The van der Waals surface area contributed by atoms with Crippen LogP contribution in [0.15, 0.2) is 30.3 Å². The molecule has 2 rings (SSSR count). The number of hydrogen-bond acceptors (Lipinski definition) is 1. The van der Waals surface area contributed by atoms with Gasteiger partial charge < -0.3 is 5.11 Å². The molecule has 1 aromatic carbocycles. The summed E-state index contributed by atoms with van der Waals surface area (Å²) in [5, 5.41) is 8.98. The number of aliphatic hydroxyl groups excluding tert-OH is 1. The number of benzene rings is 1. The summed E-state index contributed by atoms with van der Waals surface area (Å²) in [4.78, 5) is 0. The molecule has 1 nitrogen and oxygen atoms in total. The van der Waals surface area contributed by atoms with E-state index >= 15 is 0 Å². The molecule has 0 aliphatic heterocycles. The van der Waals surface area contributed by atoms with E-state index in [1.165, 1.54) is 0 Å². The number of aliphatic hydroxyl groups is 1. The maximum absolute atomic E-state index is 12.6. The second kappa shape index (κ2) is 4.33. The first kappa shape index (κ1) is 12.4. The van der Waals surface area contributed by atoms with E-state index in [4.69, 9.17) is 5.11 Å². The number of halogens is 3. The Bertz CT molecular complexity index is 366. The third kappa shape index (κ3) is 2.63. The van der Waals surface area contributed by atoms with Crippen LogP contribution in [0, 0.1) is 5.92 Å². The molecule has 0 heterocycles. The quantitative estimate of drug-likeness (QED) is 0.865. The summed E-state index contributed by atoms with van der Waals surface area (Å²) >= 11 is 0. The smallest absolute Gasteiger partial charge is 0.389 e. The molecule has 0 radical (unpaired) electrons. The van der Waals surface area contributed by atoms with Crippen molar-refractivity contribution in [1.82, 2.24) is 0 Å². The van der Waals surface area contributed by atoms with Gasteiger partial charge in [0.2, 0.25) is 0 Å². The third-order valence-electron chi connectivity index (χ3n) is 3.54. The van der Waals surface area contributed by atoms with Crippen LogP contribution in [0.2, 0.25) is 0 Å². The number of alkyl halides is 3. The largest absolute Gasteiger partial charge is 0.396 e. The molecule has 0 aromatic heterocycles. The molecule has 0 atom stereocenters. The van der Waals surface area contributed by atoms with Crippen molar-refractivity contribution >= 4 is 0 Å². The van der Waals surface area contributed by atoms with Crippen molar-refractivity contribution in [3.05, 3.63) is 35.9 Å². The van der Waals surface area contributed by atoms with E-state index in [2.05, 4.69) is 0 Å². The van der Waals surface area contributed by atoms with Crippen LogP contribution in [0.5, 0.6) is 0 Å². The van der Waals surface area contributed by atoms with Gasteiger partial charge in [0.15, 0.2) is 0 Å². The molecule has 1 fully saturated rings. The third-order valence-corrected chi connectivity index (χ3v) is 3.54. The molecule has 4 heteroatoms. The van der Waals surface area contributed by atoms with Gasteiger partial charge in [0.25, 0.3) is 0 Å². The molecule has 17 heavy (non-hydrogen) atoms. The van der Waals surface area contributed by atoms with E-state index in [1.54, 1.807) is 30.3 Å². The second-order valence-corrected chi connectivity index (χ2v) is 4.90. The average molecular weight is 244 g/mol. The highest BCUT2D eigenvalue weighted by molar-refractivity contribution is 5.29. The van der Waals surface area contributed by atoms with Gasteiger partial charge in [0.05, 0.1) is 6.42 Å². The number of rotatable bonds is 3. The monoisotopic (exact) mass is 244 g/mol. The van der Waals surface area contributed by atoms with Crippen molar-refractivity contribution in [2.75, 3.05) is 6.61 Å². The molecule has 1 aliphatic rings. The lowest BCUT2D eigenvalue weighted by Crippen LogP contribution is -2.45. The average Bonchev–Trinajstić information content (AvgIpc) is 2.22. The molecule has 0 amide bonds. The first-order valence-corrected chi connectivity index (χ1v) is 5.68. The van der Waals surface area contributed by atoms with Gasteiger partial charge >= 0.3 is 6.18 Å². The highest BCUT2D eigenvalue weighted by Gasteiger charge is 2.51. The fourth-order valence-electron chi connectivity index (χ4n) is 2.83. The zero-order valence-corrected chi connectivity index (χ0v) is 9.37. The lowest BCUT2D eigenvalue weighted by Gasteiger charge is -2.48. The standard InChI is InChI=1S/C13H15F3O/c14-13(15,16)9-12(6-10(7-12)8-17)11-4-2-1-3-5-11/h1-5,10,17H,6-9H2. The molecule has 0 bridgehead atoms. The summed E-state index contributed by atoms with van der Waals surface area (Å²) in [6.45, 7) is -0.0214. The first-order chi connectivity index (χ1) is 7.95. The Hall–Kier alpha value is -1.03. The van der Waals surface area contributed by atoms with Crippen LogP contribution in [-0.2, 0) is 5.41 Å². The topological polar surface area (TPSA) is 20.2 Å². The molecule has 1 saturated carbocycles. The van der Waals surface area contributed by atoms with Crippen LogP contribution in [0.4, 0.5) is 13.2 Å². The molecular formula is C13H15F3O. The van der Waals surface area contributed by atoms with Gasteiger partial charge in [-0.05, 0) is 24.3 Å². The molecule has 0 spiro atoms. The summed E-state index contributed by atoms with van der Waals surface area (Å²) in [7, 11) is 0. The molecule has 94 valence electrons. The lowest BCUT2D eigenvalue weighted by molar-refractivity contribution is -0.161. The minimum atomic E-state index is -4.16. The molecule has 0 unspecified atom stereocenters. The van der Waals surface area contributed by atoms with Crippen LogP contribution in [0.3, 0.4) is 0 Å². The van der Waals surface area contributed by atoms with Crippen LogP contribution in [0.1, 0.15) is 24.8 Å². The van der Waals surface area contributed by atoms with Gasteiger partial charge in [0, 0.05) is 12.0 Å². The predicted molar refractivity (Wildman–Crippen MR) is 58.6 cm³/mol. The normalized spacial score (nSPS) is 28.8. The Labute approximate surface area is 98.3 Å². The zero-order valence-electron chi connectivity index (χ0n) is 9.37. The summed E-state index contributed by atoms with van der Waals surface area (Å²) in [5.74, 6) is 0.0116. The fourth-order valence-corrected chi connectivity index (χ4v) is 2.83. The van der Waals surface area contributed by atoms with Crippen molar-refractivity contribution in [3.8, 4) is 0 Å². The Kier molecular flexibility index (Phi) is 3.17. The minimum absolute atomic E-state index is 0.0116. The molecule has 1 N–H and O–H groups in total. The summed E-state index contributed by atoms with van der Waals surface area (Å²) in [6.07, 6.45) is -4.10. The van der Waals surface area contributed by atoms with E-state index < -0.39 is 18.0 Å². The van der Waals surface area contributed by atoms with E-state index in [9.17, 15) is 13.2 Å². The van der Waals surface area contributed by atoms with Crippen molar-refractivity contribution in [2.45, 2.75) is 30.9 Å². The van der Waals surface area contributed by atoms with E-state index in [1.807, 2.05) is 0 Å². The van der Waals surface area contributed by atoms with Gasteiger partial charge in [-0.15, -0.1) is 0 Å². The van der Waals surface area contributed by atoms with Crippen LogP contribution in [0.25, 0.3) is 0 Å². The highest BCUT2D eigenvalue weighted by Crippen LogP contribution is 2.53. The van der Waals surface area contributed by atoms with Crippen molar-refractivity contribution < 1.29 is 18.3 Å². The van der Waals surface area contributed by atoms with E-state index in [0.717, 1.165) is 5.56 Å². The Morgan fingerprint density at radius 2 is 1.76 bits per heavy atom. The van der Waals surface area contributed by atoms with Crippen LogP contribution >= 0.6 is 0 Å². The molecule has 1 aliphatic carbocycles. The van der Waals surface area contributed by atoms with Crippen molar-refractivity contribution in [2.24, 2.45) is 5.92 Å². The van der Waals surface area contributed by atoms with Gasteiger partial charge in [-0.25, -0.2) is 0 Å².